The van der Waals surface area contributed by atoms with Crippen molar-refractivity contribution in [2.45, 2.75) is 20.4 Å². The Kier molecular flexibility index (Phi) is 2.79. The predicted octanol–water partition coefficient (Wildman–Crippen LogP) is 0.997. The topological polar surface area (TPSA) is 45.5 Å². The van der Waals surface area contributed by atoms with E-state index in [1.54, 1.807) is 0 Å². The molecule has 0 amide bonds. The summed E-state index contributed by atoms with van der Waals surface area (Å²) < 4.78 is 2.10. The van der Waals surface area contributed by atoms with Crippen LogP contribution in [0.3, 0.4) is 0 Å². The summed E-state index contributed by atoms with van der Waals surface area (Å²) in [6.07, 6.45) is 2.14. The molecule has 2 aliphatic heterocycles. The van der Waals surface area contributed by atoms with E-state index in [9.17, 15) is 0 Å². The number of rotatable bonds is 2. The van der Waals surface area contributed by atoms with Crippen molar-refractivity contribution in [2.24, 2.45) is 11.8 Å². The van der Waals surface area contributed by atoms with Gasteiger partial charge in [0.05, 0.1) is 5.69 Å². The molecule has 2 aliphatic rings. The molecule has 0 aliphatic carbocycles. The Morgan fingerprint density at radius 1 is 1.20 bits per heavy atom. The standard InChI is InChI=1S/C15H21N5/c1-10-3-11(2)20-9-14(18-15(20)17-10)8-19-6-12-4-16-5-13(12)7-19/h3,9,12-13,16H,4-8H2,1-2H3. The van der Waals surface area contributed by atoms with E-state index in [-0.39, 0.29) is 0 Å². The molecule has 4 heterocycles. The van der Waals surface area contributed by atoms with Crippen molar-refractivity contribution in [3.63, 3.8) is 0 Å². The molecular formula is C15H21N5. The van der Waals surface area contributed by atoms with Crippen LogP contribution in [0.2, 0.25) is 0 Å². The fraction of sp³-hybridized carbons (Fsp3) is 0.600. The van der Waals surface area contributed by atoms with Gasteiger partial charge in [-0.15, -0.1) is 0 Å². The quantitative estimate of drug-likeness (QED) is 0.885. The number of aromatic nitrogens is 3. The van der Waals surface area contributed by atoms with E-state index in [4.69, 9.17) is 0 Å². The molecule has 2 saturated heterocycles. The van der Waals surface area contributed by atoms with Crippen LogP contribution in [0, 0.1) is 25.7 Å². The highest BCUT2D eigenvalue weighted by Crippen LogP contribution is 2.27. The van der Waals surface area contributed by atoms with Crippen LogP contribution in [0.4, 0.5) is 0 Å². The zero-order chi connectivity index (χ0) is 13.7. The van der Waals surface area contributed by atoms with Gasteiger partial charge < -0.3 is 5.32 Å². The maximum atomic E-state index is 4.69. The molecule has 4 rings (SSSR count). The van der Waals surface area contributed by atoms with Gasteiger partial charge in [0.25, 0.3) is 0 Å². The van der Waals surface area contributed by atoms with Gasteiger partial charge in [-0.3, -0.25) is 9.30 Å². The first-order chi connectivity index (χ1) is 9.69. The smallest absolute Gasteiger partial charge is 0.234 e. The van der Waals surface area contributed by atoms with Crippen molar-refractivity contribution < 1.29 is 0 Å². The summed E-state index contributed by atoms with van der Waals surface area (Å²) >= 11 is 0. The molecule has 0 radical (unpaired) electrons. The minimum atomic E-state index is 0.832. The summed E-state index contributed by atoms with van der Waals surface area (Å²) in [5, 5.41) is 3.49. The molecular weight excluding hydrogens is 250 g/mol. The lowest BCUT2D eigenvalue weighted by Gasteiger charge is -2.14. The van der Waals surface area contributed by atoms with Crippen molar-refractivity contribution in [3.05, 3.63) is 29.3 Å². The number of hydrogen-bond acceptors (Lipinski definition) is 4. The monoisotopic (exact) mass is 271 g/mol. The van der Waals surface area contributed by atoms with Crippen LogP contribution in [-0.2, 0) is 6.54 Å². The molecule has 106 valence electrons. The van der Waals surface area contributed by atoms with Crippen LogP contribution in [0.5, 0.6) is 0 Å². The highest BCUT2D eigenvalue weighted by Gasteiger charge is 2.36. The number of hydrogen-bond donors (Lipinski definition) is 1. The van der Waals surface area contributed by atoms with E-state index < -0.39 is 0 Å². The highest BCUT2D eigenvalue weighted by molar-refractivity contribution is 5.34. The third kappa shape index (κ3) is 2.01. The van der Waals surface area contributed by atoms with Gasteiger partial charge in [-0.2, -0.15) is 0 Å². The molecule has 0 bridgehead atoms. The van der Waals surface area contributed by atoms with E-state index >= 15 is 0 Å². The summed E-state index contributed by atoms with van der Waals surface area (Å²) in [7, 11) is 0. The van der Waals surface area contributed by atoms with Crippen LogP contribution in [0.15, 0.2) is 12.3 Å². The molecule has 2 atom stereocenters. The number of aryl methyl sites for hydroxylation is 2. The van der Waals surface area contributed by atoms with Crippen LogP contribution >= 0.6 is 0 Å². The van der Waals surface area contributed by atoms with Gasteiger partial charge in [-0.05, 0) is 44.8 Å². The van der Waals surface area contributed by atoms with Crippen molar-refractivity contribution >= 4 is 5.78 Å². The normalized spacial score (nSPS) is 26.5. The number of imidazole rings is 1. The van der Waals surface area contributed by atoms with Gasteiger partial charge in [0, 0.05) is 37.2 Å². The molecule has 5 heteroatoms. The van der Waals surface area contributed by atoms with E-state index in [0.717, 1.165) is 35.5 Å². The number of nitrogens with zero attached hydrogens (tertiary/aromatic N) is 4. The molecule has 0 saturated carbocycles. The molecule has 2 fully saturated rings. The first kappa shape index (κ1) is 12.3. The zero-order valence-electron chi connectivity index (χ0n) is 12.1. The fourth-order valence-corrected chi connectivity index (χ4v) is 3.71. The maximum Gasteiger partial charge on any atom is 0.234 e. The second-order valence-corrected chi connectivity index (χ2v) is 6.31. The Labute approximate surface area is 119 Å². The van der Waals surface area contributed by atoms with Gasteiger partial charge >= 0.3 is 0 Å². The van der Waals surface area contributed by atoms with Crippen molar-refractivity contribution in [1.29, 1.82) is 0 Å². The third-order valence-corrected chi connectivity index (χ3v) is 4.66. The Morgan fingerprint density at radius 3 is 2.70 bits per heavy atom. The van der Waals surface area contributed by atoms with E-state index in [0.29, 0.717) is 0 Å². The minimum Gasteiger partial charge on any atom is -0.316 e. The summed E-state index contributed by atoms with van der Waals surface area (Å²) in [4.78, 5) is 11.7. The largest absolute Gasteiger partial charge is 0.316 e. The van der Waals surface area contributed by atoms with Crippen LogP contribution < -0.4 is 5.32 Å². The lowest BCUT2D eigenvalue weighted by atomic mass is 10.0. The molecule has 5 nitrogen and oxygen atoms in total. The summed E-state index contributed by atoms with van der Waals surface area (Å²) in [6.45, 7) is 9.87. The van der Waals surface area contributed by atoms with E-state index in [2.05, 4.69) is 43.8 Å². The Morgan fingerprint density at radius 2 is 1.95 bits per heavy atom. The number of likely N-dealkylation sites (tertiary alicyclic amines) is 1. The molecule has 20 heavy (non-hydrogen) atoms. The van der Waals surface area contributed by atoms with Gasteiger partial charge in [0.1, 0.15) is 0 Å². The van der Waals surface area contributed by atoms with Crippen molar-refractivity contribution in [1.82, 2.24) is 24.6 Å². The summed E-state index contributed by atoms with van der Waals surface area (Å²) in [5.74, 6) is 2.52. The van der Waals surface area contributed by atoms with E-state index in [1.807, 2.05) is 6.92 Å². The molecule has 2 aromatic rings. The second kappa shape index (κ2) is 4.53. The van der Waals surface area contributed by atoms with Crippen LogP contribution in [-0.4, -0.2) is 45.4 Å². The van der Waals surface area contributed by atoms with E-state index in [1.165, 1.54) is 31.9 Å². The highest BCUT2D eigenvalue weighted by atomic mass is 15.2. The first-order valence-corrected chi connectivity index (χ1v) is 7.44. The molecule has 1 N–H and O–H groups in total. The van der Waals surface area contributed by atoms with Crippen molar-refractivity contribution in [3.8, 4) is 0 Å². The SMILES string of the molecule is Cc1cc(C)n2cc(CN3CC4CNCC4C3)nc2n1. The summed E-state index contributed by atoms with van der Waals surface area (Å²) in [6, 6.07) is 2.10. The van der Waals surface area contributed by atoms with Crippen LogP contribution in [0.1, 0.15) is 17.1 Å². The van der Waals surface area contributed by atoms with Gasteiger partial charge in [0.2, 0.25) is 5.78 Å². The van der Waals surface area contributed by atoms with Gasteiger partial charge in [0.15, 0.2) is 0 Å². The average molecular weight is 271 g/mol. The molecule has 0 spiro atoms. The third-order valence-electron chi connectivity index (χ3n) is 4.66. The molecule has 2 unspecified atom stereocenters. The van der Waals surface area contributed by atoms with Gasteiger partial charge in [-0.25, -0.2) is 9.97 Å². The Bertz CT molecular complexity index is 635. The number of nitrogens with one attached hydrogen (secondary N) is 1. The Hall–Kier alpha value is -1.46. The number of fused-ring (bicyclic) bond motifs is 2. The Balaban J connectivity index is 1.56. The van der Waals surface area contributed by atoms with Crippen molar-refractivity contribution in [2.75, 3.05) is 26.2 Å². The second-order valence-electron chi connectivity index (χ2n) is 6.31. The lowest BCUT2D eigenvalue weighted by Crippen LogP contribution is -2.25. The average Bonchev–Trinajstić information content (AvgIpc) is 3.02. The first-order valence-electron chi connectivity index (χ1n) is 7.44. The molecule has 2 aromatic heterocycles. The lowest BCUT2D eigenvalue weighted by molar-refractivity contribution is 0.302. The minimum absolute atomic E-state index is 0.832. The maximum absolute atomic E-state index is 4.69. The van der Waals surface area contributed by atoms with Crippen LogP contribution in [0.25, 0.3) is 5.78 Å². The fourth-order valence-electron chi connectivity index (χ4n) is 3.71. The predicted molar refractivity (Wildman–Crippen MR) is 77.6 cm³/mol. The molecule has 0 aromatic carbocycles. The van der Waals surface area contributed by atoms with Gasteiger partial charge in [-0.1, -0.05) is 0 Å². The summed E-state index contributed by atoms with van der Waals surface area (Å²) in [5.41, 5.74) is 3.38. The zero-order valence-corrected chi connectivity index (χ0v) is 12.1.